The first-order valence-corrected chi connectivity index (χ1v) is 10.4. The van der Waals surface area contributed by atoms with Gasteiger partial charge in [0, 0.05) is 22.9 Å². The predicted octanol–water partition coefficient (Wildman–Crippen LogP) is 3.03. The van der Waals surface area contributed by atoms with Crippen LogP contribution in [0.1, 0.15) is 63.2 Å². The zero-order valence-corrected chi connectivity index (χ0v) is 20.0. The minimum absolute atomic E-state index is 0.158. The van der Waals surface area contributed by atoms with Crippen molar-refractivity contribution in [1.82, 2.24) is 10.3 Å². The van der Waals surface area contributed by atoms with E-state index in [9.17, 15) is 19.2 Å². The smallest absolute Gasteiger partial charge is 0.329 e. The molecular formula is C24H30N2O7. The summed E-state index contributed by atoms with van der Waals surface area (Å²) >= 11 is 0. The van der Waals surface area contributed by atoms with E-state index in [2.05, 4.69) is 10.3 Å². The van der Waals surface area contributed by atoms with Crippen molar-refractivity contribution in [2.45, 2.75) is 40.7 Å². The lowest BCUT2D eigenvalue weighted by molar-refractivity contribution is -0.145. The molecule has 9 heteroatoms. The topological polar surface area (TPSA) is 124 Å². The molecular weight excluding hydrogens is 428 g/mol. The van der Waals surface area contributed by atoms with E-state index < -0.39 is 30.3 Å². The molecule has 1 aromatic carbocycles. The fraction of sp³-hybridized carbons (Fsp3) is 0.417. The number of aromatic amines is 1. The Labute approximate surface area is 192 Å². The average molecular weight is 459 g/mol. The van der Waals surface area contributed by atoms with Crippen LogP contribution in [0.15, 0.2) is 18.2 Å². The van der Waals surface area contributed by atoms with Crippen LogP contribution in [-0.4, -0.2) is 55.3 Å². The van der Waals surface area contributed by atoms with Gasteiger partial charge < -0.3 is 24.5 Å². The molecule has 2 aromatic rings. The lowest BCUT2D eigenvalue weighted by Crippen LogP contribution is -2.45. The fourth-order valence-electron chi connectivity index (χ4n) is 3.52. The van der Waals surface area contributed by atoms with Crippen LogP contribution in [0, 0.1) is 19.8 Å². The summed E-state index contributed by atoms with van der Waals surface area (Å²) in [5.74, 6) is -1.34. The Balaban J connectivity index is 2.12. The van der Waals surface area contributed by atoms with Crippen LogP contribution in [0.2, 0.25) is 0 Å². The third-order valence-electron chi connectivity index (χ3n) is 5.23. The van der Waals surface area contributed by atoms with Gasteiger partial charge in [-0.25, -0.2) is 4.79 Å². The molecule has 1 heterocycles. The van der Waals surface area contributed by atoms with Crippen molar-refractivity contribution in [1.29, 1.82) is 0 Å². The second-order valence-corrected chi connectivity index (χ2v) is 8.01. The third kappa shape index (κ3) is 6.00. The van der Waals surface area contributed by atoms with E-state index in [1.165, 1.54) is 33.3 Å². The number of carbonyl (C=O) groups is 4. The first-order valence-electron chi connectivity index (χ1n) is 10.4. The monoisotopic (exact) mass is 458 g/mol. The predicted molar refractivity (Wildman–Crippen MR) is 121 cm³/mol. The maximum atomic E-state index is 12.8. The molecule has 9 nitrogen and oxygen atoms in total. The Morgan fingerprint density at radius 1 is 1.00 bits per heavy atom. The number of hydrogen-bond donors (Lipinski definition) is 2. The van der Waals surface area contributed by atoms with Crippen LogP contribution in [0.25, 0.3) is 0 Å². The maximum absolute atomic E-state index is 12.8. The molecule has 0 aliphatic rings. The number of Topliss-reactive ketones (excluding diaryl/α,β-unsaturated/α-hetero) is 2. The van der Waals surface area contributed by atoms with Crippen LogP contribution >= 0.6 is 0 Å². The third-order valence-corrected chi connectivity index (χ3v) is 5.23. The Bertz CT molecular complexity index is 1050. The number of benzene rings is 1. The molecule has 0 bridgehead atoms. The summed E-state index contributed by atoms with van der Waals surface area (Å²) in [4.78, 5) is 52.7. The highest BCUT2D eigenvalue weighted by molar-refractivity contribution is 6.04. The van der Waals surface area contributed by atoms with Crippen molar-refractivity contribution in [2.24, 2.45) is 5.92 Å². The van der Waals surface area contributed by atoms with Crippen LogP contribution in [-0.2, 0) is 9.53 Å². The number of carbonyl (C=O) groups excluding carboxylic acids is 4. The number of ether oxygens (including phenoxy) is 3. The largest absolute Gasteiger partial charge is 0.497 e. The Hall–Kier alpha value is -3.62. The number of esters is 1. The van der Waals surface area contributed by atoms with E-state index in [0.29, 0.717) is 28.3 Å². The van der Waals surface area contributed by atoms with Gasteiger partial charge in [-0.05, 0) is 44.4 Å². The van der Waals surface area contributed by atoms with Gasteiger partial charge in [-0.15, -0.1) is 0 Å². The normalized spacial score (nSPS) is 11.6. The zero-order valence-electron chi connectivity index (χ0n) is 20.0. The summed E-state index contributed by atoms with van der Waals surface area (Å²) in [6.07, 6.45) is 0. The molecule has 0 radical (unpaired) electrons. The number of rotatable bonds is 10. The number of aromatic nitrogens is 1. The average Bonchev–Trinajstić information content (AvgIpc) is 3.08. The zero-order chi connectivity index (χ0) is 24.9. The van der Waals surface area contributed by atoms with Crippen molar-refractivity contribution < 1.29 is 33.4 Å². The summed E-state index contributed by atoms with van der Waals surface area (Å²) in [6, 6.07) is 3.68. The summed E-state index contributed by atoms with van der Waals surface area (Å²) in [7, 11) is 2.93. The van der Waals surface area contributed by atoms with Gasteiger partial charge in [-0.2, -0.15) is 0 Å². The van der Waals surface area contributed by atoms with Crippen LogP contribution in [0.4, 0.5) is 0 Å². The van der Waals surface area contributed by atoms with E-state index in [1.54, 1.807) is 33.8 Å². The molecule has 178 valence electrons. The molecule has 1 amide bonds. The van der Waals surface area contributed by atoms with Gasteiger partial charge in [0.05, 0.1) is 19.9 Å². The minimum Gasteiger partial charge on any atom is -0.497 e. The van der Waals surface area contributed by atoms with Gasteiger partial charge in [0.2, 0.25) is 5.78 Å². The highest BCUT2D eigenvalue weighted by Gasteiger charge is 2.28. The molecule has 0 spiro atoms. The molecule has 2 N–H and O–H groups in total. The molecule has 2 rings (SSSR count). The lowest BCUT2D eigenvalue weighted by Gasteiger charge is -2.21. The molecule has 1 atom stereocenters. The highest BCUT2D eigenvalue weighted by atomic mass is 16.5. The number of ketones is 2. The number of hydrogen-bond acceptors (Lipinski definition) is 7. The first-order chi connectivity index (χ1) is 15.5. The SMILES string of the molecule is COc1cc(OC)cc(C(=O)N[C@H](C(=O)OCC(=O)c2[nH]c(C)c(C(C)=O)c2C)C(C)C)c1. The maximum Gasteiger partial charge on any atom is 0.329 e. The van der Waals surface area contributed by atoms with Gasteiger partial charge in [-0.3, -0.25) is 14.4 Å². The van der Waals surface area contributed by atoms with Crippen LogP contribution in [0.3, 0.4) is 0 Å². The minimum atomic E-state index is -0.984. The molecule has 0 unspecified atom stereocenters. The van der Waals surface area contributed by atoms with Crippen molar-refractivity contribution in [3.8, 4) is 11.5 Å². The highest BCUT2D eigenvalue weighted by Crippen LogP contribution is 2.23. The van der Waals surface area contributed by atoms with E-state index in [4.69, 9.17) is 14.2 Å². The van der Waals surface area contributed by atoms with E-state index in [-0.39, 0.29) is 23.0 Å². The number of amides is 1. The molecule has 1 aromatic heterocycles. The van der Waals surface area contributed by atoms with Crippen molar-refractivity contribution in [2.75, 3.05) is 20.8 Å². The van der Waals surface area contributed by atoms with E-state index in [1.807, 2.05) is 0 Å². The Morgan fingerprint density at radius 2 is 1.58 bits per heavy atom. The number of nitrogens with one attached hydrogen (secondary N) is 2. The standard InChI is InChI=1S/C24H30N2O7/c1-12(2)21(26-23(29)16-8-17(31-6)10-18(9-16)32-7)24(30)33-11-19(28)22-13(3)20(15(5)27)14(4)25-22/h8-10,12,21,25H,11H2,1-7H3,(H,26,29)/t21-/m0/s1. The first kappa shape index (κ1) is 25.6. The Morgan fingerprint density at radius 3 is 2.03 bits per heavy atom. The van der Waals surface area contributed by atoms with Gasteiger partial charge in [0.15, 0.2) is 12.4 Å². The number of methoxy groups -OCH3 is 2. The fourth-order valence-corrected chi connectivity index (χ4v) is 3.52. The van der Waals surface area contributed by atoms with Crippen molar-refractivity contribution in [3.05, 3.63) is 46.3 Å². The van der Waals surface area contributed by atoms with Crippen LogP contribution < -0.4 is 14.8 Å². The second kappa shape index (κ2) is 10.8. The Kier molecular flexibility index (Phi) is 8.39. The summed E-state index contributed by atoms with van der Waals surface area (Å²) in [6.45, 7) is 7.75. The van der Waals surface area contributed by atoms with Gasteiger partial charge >= 0.3 is 5.97 Å². The molecule has 0 fully saturated rings. The summed E-state index contributed by atoms with van der Waals surface area (Å²) < 4.78 is 15.6. The molecule has 0 saturated heterocycles. The van der Waals surface area contributed by atoms with E-state index in [0.717, 1.165) is 0 Å². The van der Waals surface area contributed by atoms with Gasteiger partial charge in [0.25, 0.3) is 5.91 Å². The molecule has 33 heavy (non-hydrogen) atoms. The molecule has 0 aliphatic heterocycles. The van der Waals surface area contributed by atoms with Crippen LogP contribution in [0.5, 0.6) is 11.5 Å². The molecule has 0 saturated carbocycles. The second-order valence-electron chi connectivity index (χ2n) is 8.01. The van der Waals surface area contributed by atoms with Gasteiger partial charge in [0.1, 0.15) is 17.5 Å². The number of H-pyrrole nitrogens is 1. The summed E-state index contributed by atoms with van der Waals surface area (Å²) in [5, 5.41) is 2.65. The van der Waals surface area contributed by atoms with E-state index >= 15 is 0 Å². The quantitative estimate of drug-likeness (QED) is 0.414. The van der Waals surface area contributed by atoms with Crippen molar-refractivity contribution >= 4 is 23.4 Å². The van der Waals surface area contributed by atoms with Crippen molar-refractivity contribution in [3.63, 3.8) is 0 Å². The van der Waals surface area contributed by atoms with Gasteiger partial charge in [-0.1, -0.05) is 13.8 Å². The molecule has 0 aliphatic carbocycles. The summed E-state index contributed by atoms with van der Waals surface area (Å²) in [5.41, 5.74) is 2.01. The number of aryl methyl sites for hydroxylation is 1. The lowest BCUT2D eigenvalue weighted by atomic mass is 10.0.